The number of carbonyl (C=O) groups is 1. The summed E-state index contributed by atoms with van der Waals surface area (Å²) in [7, 11) is 0. The zero-order valence-corrected chi connectivity index (χ0v) is 10.0. The van der Waals surface area contributed by atoms with Crippen LogP contribution in [-0.4, -0.2) is 30.3 Å². The van der Waals surface area contributed by atoms with Crippen LogP contribution in [0.1, 0.15) is 39.5 Å². The molecule has 86 valence electrons. The summed E-state index contributed by atoms with van der Waals surface area (Å²) in [5.41, 5.74) is 0. The normalized spacial score (nSPS) is 37.3. The van der Waals surface area contributed by atoms with Crippen molar-refractivity contribution in [3.63, 3.8) is 0 Å². The third-order valence-corrected chi connectivity index (χ3v) is 4.38. The number of hydrogen-bond acceptors (Lipinski definition) is 2. The zero-order chi connectivity index (χ0) is 10.8. The van der Waals surface area contributed by atoms with Crippen LogP contribution in [0.3, 0.4) is 0 Å². The first kappa shape index (κ1) is 11.1. The Kier molecular flexibility index (Phi) is 3.45. The number of carbonyl (C=O) groups excluding carboxylic acids is 1. The highest BCUT2D eigenvalue weighted by Crippen LogP contribution is 2.33. The molecule has 1 saturated heterocycles. The van der Waals surface area contributed by atoms with Gasteiger partial charge in [0.1, 0.15) is 5.78 Å². The van der Waals surface area contributed by atoms with E-state index in [1.807, 2.05) is 0 Å². The minimum Gasteiger partial charge on any atom is -0.298 e. The third kappa shape index (κ3) is 2.60. The molecule has 1 saturated carbocycles. The van der Waals surface area contributed by atoms with Gasteiger partial charge in [-0.25, -0.2) is 0 Å². The maximum atomic E-state index is 12.0. The molecule has 2 fully saturated rings. The number of rotatable bonds is 3. The first-order valence-electron chi connectivity index (χ1n) is 6.42. The summed E-state index contributed by atoms with van der Waals surface area (Å²) >= 11 is 0. The van der Waals surface area contributed by atoms with Crippen LogP contribution < -0.4 is 0 Å². The maximum Gasteiger partial charge on any atom is 0.149 e. The lowest BCUT2D eigenvalue weighted by molar-refractivity contribution is -0.126. The van der Waals surface area contributed by atoms with Crippen molar-refractivity contribution in [2.45, 2.75) is 39.5 Å². The van der Waals surface area contributed by atoms with Crippen LogP contribution in [-0.2, 0) is 4.79 Å². The summed E-state index contributed by atoms with van der Waals surface area (Å²) in [6.45, 7) is 7.63. The van der Waals surface area contributed by atoms with Gasteiger partial charge in [-0.15, -0.1) is 0 Å². The number of nitrogens with zero attached hydrogens (tertiary/aromatic N) is 1. The fourth-order valence-corrected chi connectivity index (χ4v) is 2.73. The van der Waals surface area contributed by atoms with Gasteiger partial charge in [-0.05, 0) is 50.6 Å². The van der Waals surface area contributed by atoms with E-state index in [0.29, 0.717) is 11.7 Å². The highest BCUT2D eigenvalue weighted by atomic mass is 16.1. The van der Waals surface area contributed by atoms with Crippen LogP contribution in [0, 0.1) is 17.8 Å². The SMILES string of the molecule is CC1CCC(C(=O)CN2CCC2)CC1C. The molecule has 3 unspecified atom stereocenters. The molecule has 2 nitrogen and oxygen atoms in total. The van der Waals surface area contributed by atoms with Crippen molar-refractivity contribution in [1.82, 2.24) is 4.90 Å². The summed E-state index contributed by atoms with van der Waals surface area (Å²) in [5.74, 6) is 2.44. The molecule has 1 aliphatic heterocycles. The van der Waals surface area contributed by atoms with E-state index in [-0.39, 0.29) is 0 Å². The Morgan fingerprint density at radius 1 is 1.20 bits per heavy atom. The van der Waals surface area contributed by atoms with Gasteiger partial charge in [-0.1, -0.05) is 13.8 Å². The molecule has 0 spiro atoms. The van der Waals surface area contributed by atoms with E-state index in [9.17, 15) is 4.79 Å². The summed E-state index contributed by atoms with van der Waals surface area (Å²) < 4.78 is 0. The second kappa shape index (κ2) is 4.65. The average molecular weight is 209 g/mol. The minimum atomic E-state index is 0.372. The Balaban J connectivity index is 1.79. The molecule has 0 radical (unpaired) electrons. The maximum absolute atomic E-state index is 12.0. The predicted molar refractivity (Wildman–Crippen MR) is 61.7 cm³/mol. The van der Waals surface area contributed by atoms with Crippen LogP contribution in [0.15, 0.2) is 0 Å². The molecule has 0 bridgehead atoms. The largest absolute Gasteiger partial charge is 0.298 e. The van der Waals surface area contributed by atoms with E-state index >= 15 is 0 Å². The molecular weight excluding hydrogens is 186 g/mol. The molecule has 2 aliphatic rings. The third-order valence-electron chi connectivity index (χ3n) is 4.38. The first-order valence-corrected chi connectivity index (χ1v) is 6.42. The van der Waals surface area contributed by atoms with Gasteiger partial charge in [0.05, 0.1) is 6.54 Å². The number of ketones is 1. The molecule has 0 aromatic rings. The minimum absolute atomic E-state index is 0.372. The average Bonchev–Trinajstić information content (AvgIpc) is 2.15. The van der Waals surface area contributed by atoms with Crippen molar-refractivity contribution in [2.75, 3.05) is 19.6 Å². The van der Waals surface area contributed by atoms with Gasteiger partial charge in [0, 0.05) is 5.92 Å². The quantitative estimate of drug-likeness (QED) is 0.711. The van der Waals surface area contributed by atoms with Gasteiger partial charge in [-0.3, -0.25) is 9.69 Å². The Morgan fingerprint density at radius 3 is 2.47 bits per heavy atom. The molecular formula is C13H23NO. The van der Waals surface area contributed by atoms with Gasteiger partial charge in [-0.2, -0.15) is 0 Å². The van der Waals surface area contributed by atoms with E-state index in [0.717, 1.165) is 44.3 Å². The van der Waals surface area contributed by atoms with Gasteiger partial charge < -0.3 is 0 Å². The van der Waals surface area contributed by atoms with Crippen molar-refractivity contribution >= 4 is 5.78 Å². The lowest BCUT2D eigenvalue weighted by Crippen LogP contribution is -2.43. The van der Waals surface area contributed by atoms with Crippen LogP contribution in [0.5, 0.6) is 0 Å². The van der Waals surface area contributed by atoms with E-state index < -0.39 is 0 Å². The molecule has 0 aromatic carbocycles. The van der Waals surface area contributed by atoms with Crippen molar-refractivity contribution in [1.29, 1.82) is 0 Å². The smallest absolute Gasteiger partial charge is 0.149 e. The molecule has 0 aromatic heterocycles. The van der Waals surface area contributed by atoms with Crippen molar-refractivity contribution in [2.24, 2.45) is 17.8 Å². The van der Waals surface area contributed by atoms with E-state index in [4.69, 9.17) is 0 Å². The molecule has 15 heavy (non-hydrogen) atoms. The van der Waals surface area contributed by atoms with Gasteiger partial charge in [0.2, 0.25) is 0 Å². The molecule has 1 aliphatic carbocycles. The highest BCUT2D eigenvalue weighted by molar-refractivity contribution is 5.83. The van der Waals surface area contributed by atoms with Gasteiger partial charge >= 0.3 is 0 Å². The van der Waals surface area contributed by atoms with E-state index in [1.165, 1.54) is 12.8 Å². The standard InChI is InChI=1S/C13H23NO/c1-10-4-5-12(8-11(10)2)13(15)9-14-6-3-7-14/h10-12H,3-9H2,1-2H3. The fraction of sp³-hybridized carbons (Fsp3) is 0.923. The van der Waals surface area contributed by atoms with Crippen LogP contribution in [0.2, 0.25) is 0 Å². The molecule has 0 N–H and O–H groups in total. The summed E-state index contributed by atoms with van der Waals surface area (Å²) in [6.07, 6.45) is 4.80. The molecule has 0 amide bonds. The summed E-state index contributed by atoms with van der Waals surface area (Å²) in [6, 6.07) is 0. The van der Waals surface area contributed by atoms with Crippen molar-refractivity contribution in [3.05, 3.63) is 0 Å². The summed E-state index contributed by atoms with van der Waals surface area (Å²) in [4.78, 5) is 14.3. The zero-order valence-electron chi connectivity index (χ0n) is 10.0. The molecule has 1 heterocycles. The second-order valence-electron chi connectivity index (χ2n) is 5.56. The molecule has 2 heteroatoms. The van der Waals surface area contributed by atoms with Crippen LogP contribution in [0.25, 0.3) is 0 Å². The van der Waals surface area contributed by atoms with Crippen molar-refractivity contribution < 1.29 is 4.79 Å². The lowest BCUT2D eigenvalue weighted by atomic mass is 9.74. The van der Waals surface area contributed by atoms with Crippen LogP contribution in [0.4, 0.5) is 0 Å². The second-order valence-corrected chi connectivity index (χ2v) is 5.56. The number of hydrogen-bond donors (Lipinski definition) is 0. The number of likely N-dealkylation sites (tertiary alicyclic amines) is 1. The first-order chi connectivity index (χ1) is 7.16. The highest BCUT2D eigenvalue weighted by Gasteiger charge is 2.30. The van der Waals surface area contributed by atoms with E-state index in [2.05, 4.69) is 18.7 Å². The Morgan fingerprint density at radius 2 is 1.93 bits per heavy atom. The lowest BCUT2D eigenvalue weighted by Gasteiger charge is -2.35. The summed E-state index contributed by atoms with van der Waals surface area (Å²) in [5, 5.41) is 0. The number of Topliss-reactive ketones (excluding diaryl/α,β-unsaturated/α-hetero) is 1. The fourth-order valence-electron chi connectivity index (χ4n) is 2.73. The predicted octanol–water partition coefficient (Wildman–Crippen LogP) is 2.33. The molecule has 2 rings (SSSR count). The molecule has 3 atom stereocenters. The topological polar surface area (TPSA) is 20.3 Å². The van der Waals surface area contributed by atoms with Gasteiger partial charge in [0.15, 0.2) is 0 Å². The monoisotopic (exact) mass is 209 g/mol. The Hall–Kier alpha value is -0.370. The van der Waals surface area contributed by atoms with Crippen LogP contribution >= 0.6 is 0 Å². The van der Waals surface area contributed by atoms with E-state index in [1.54, 1.807) is 0 Å². The Labute approximate surface area is 93.0 Å². The van der Waals surface area contributed by atoms with Gasteiger partial charge in [0.25, 0.3) is 0 Å². The van der Waals surface area contributed by atoms with Crippen molar-refractivity contribution in [3.8, 4) is 0 Å². The Bertz CT molecular complexity index is 235.